The average molecular weight is 325 g/mol. The lowest BCUT2D eigenvalue weighted by atomic mass is 9.96. The molecule has 0 saturated heterocycles. The minimum atomic E-state index is -0.186. The van der Waals surface area contributed by atoms with E-state index in [0.717, 1.165) is 27.8 Å². The maximum Gasteiger partial charge on any atom is 0.202 e. The van der Waals surface area contributed by atoms with E-state index in [2.05, 4.69) is 35.4 Å². The number of halogens is 1. The summed E-state index contributed by atoms with van der Waals surface area (Å²) in [5.74, 6) is 1.46. The van der Waals surface area contributed by atoms with Gasteiger partial charge in [-0.25, -0.2) is 9.37 Å². The van der Waals surface area contributed by atoms with Crippen molar-refractivity contribution in [3.05, 3.63) is 41.0 Å². The standard InChI is InChI=1S/C15H20FN3S2/c1-15(2,3)13-18-14(21-19-13)17-8-10-5-6-12(16)7-11(10)9-20-4/h5-7H,8-9H2,1-4H3,(H,17,18,19). The van der Waals surface area contributed by atoms with Crippen molar-refractivity contribution in [3.63, 3.8) is 0 Å². The van der Waals surface area contributed by atoms with Crippen LogP contribution in [-0.4, -0.2) is 15.6 Å². The number of hydrogen-bond acceptors (Lipinski definition) is 5. The molecule has 1 aromatic heterocycles. The molecule has 0 atom stereocenters. The zero-order valence-corrected chi connectivity index (χ0v) is 14.4. The van der Waals surface area contributed by atoms with Gasteiger partial charge in [-0.15, -0.1) is 0 Å². The SMILES string of the molecule is CSCc1cc(F)ccc1CNc1nc(C(C)(C)C)ns1. The van der Waals surface area contributed by atoms with Gasteiger partial charge in [0, 0.05) is 29.2 Å². The summed E-state index contributed by atoms with van der Waals surface area (Å²) in [6.45, 7) is 6.91. The first-order valence-corrected chi connectivity index (χ1v) is 8.91. The maximum atomic E-state index is 13.3. The molecule has 1 N–H and O–H groups in total. The molecule has 0 spiro atoms. The molecule has 0 aliphatic rings. The van der Waals surface area contributed by atoms with Crippen molar-refractivity contribution in [1.82, 2.24) is 9.36 Å². The van der Waals surface area contributed by atoms with E-state index in [1.807, 2.05) is 12.3 Å². The van der Waals surface area contributed by atoms with Gasteiger partial charge in [-0.2, -0.15) is 16.1 Å². The Hall–Kier alpha value is -1.14. The van der Waals surface area contributed by atoms with E-state index in [-0.39, 0.29) is 11.2 Å². The Balaban J connectivity index is 2.08. The minimum Gasteiger partial charge on any atom is -0.356 e. The monoisotopic (exact) mass is 325 g/mol. The van der Waals surface area contributed by atoms with Gasteiger partial charge in [0.2, 0.25) is 5.13 Å². The van der Waals surface area contributed by atoms with Crippen LogP contribution in [0, 0.1) is 5.82 Å². The molecule has 0 aliphatic heterocycles. The van der Waals surface area contributed by atoms with Crippen molar-refractivity contribution in [2.75, 3.05) is 11.6 Å². The molecule has 0 unspecified atom stereocenters. The molecule has 114 valence electrons. The number of thioether (sulfide) groups is 1. The zero-order valence-electron chi connectivity index (χ0n) is 12.7. The number of hydrogen-bond donors (Lipinski definition) is 1. The van der Waals surface area contributed by atoms with E-state index in [1.54, 1.807) is 17.8 Å². The molecule has 6 heteroatoms. The van der Waals surface area contributed by atoms with Crippen LogP contribution in [0.25, 0.3) is 0 Å². The summed E-state index contributed by atoms with van der Waals surface area (Å²) < 4.78 is 17.7. The molecular weight excluding hydrogens is 305 g/mol. The van der Waals surface area contributed by atoms with Crippen LogP contribution < -0.4 is 5.32 Å². The first kappa shape index (κ1) is 16.2. The van der Waals surface area contributed by atoms with Crippen LogP contribution in [-0.2, 0) is 17.7 Å². The predicted molar refractivity (Wildman–Crippen MR) is 89.6 cm³/mol. The lowest BCUT2D eigenvalue weighted by Crippen LogP contribution is -2.13. The van der Waals surface area contributed by atoms with Crippen molar-refractivity contribution < 1.29 is 4.39 Å². The van der Waals surface area contributed by atoms with Crippen molar-refractivity contribution in [2.24, 2.45) is 0 Å². The Morgan fingerprint density at radius 3 is 2.67 bits per heavy atom. The second-order valence-electron chi connectivity index (χ2n) is 5.87. The quantitative estimate of drug-likeness (QED) is 0.881. The van der Waals surface area contributed by atoms with Crippen LogP contribution in [0.5, 0.6) is 0 Å². The molecule has 0 saturated carbocycles. The normalized spacial score (nSPS) is 11.7. The first-order valence-electron chi connectivity index (χ1n) is 6.74. The fraction of sp³-hybridized carbons (Fsp3) is 0.467. The highest BCUT2D eigenvalue weighted by Crippen LogP contribution is 2.24. The Morgan fingerprint density at radius 1 is 1.29 bits per heavy atom. The minimum absolute atomic E-state index is 0.0453. The van der Waals surface area contributed by atoms with E-state index in [4.69, 9.17) is 0 Å². The predicted octanol–water partition coefficient (Wildman–Crippen LogP) is 4.45. The average Bonchev–Trinajstić information content (AvgIpc) is 2.87. The topological polar surface area (TPSA) is 37.8 Å². The van der Waals surface area contributed by atoms with Gasteiger partial charge in [-0.05, 0) is 29.5 Å². The highest BCUT2D eigenvalue weighted by atomic mass is 32.2. The Bertz CT molecular complexity index is 605. The Labute approximate surface area is 133 Å². The number of anilines is 1. The molecular formula is C15H20FN3S2. The Morgan fingerprint density at radius 2 is 2.05 bits per heavy atom. The van der Waals surface area contributed by atoms with E-state index in [9.17, 15) is 4.39 Å². The third-order valence-electron chi connectivity index (χ3n) is 3.00. The van der Waals surface area contributed by atoms with Gasteiger partial charge in [0.1, 0.15) is 11.6 Å². The number of nitrogens with zero attached hydrogens (tertiary/aromatic N) is 2. The summed E-state index contributed by atoms with van der Waals surface area (Å²) in [5.41, 5.74) is 2.07. The number of rotatable bonds is 5. The van der Waals surface area contributed by atoms with Crippen LogP contribution in [0.15, 0.2) is 18.2 Å². The molecule has 3 nitrogen and oxygen atoms in total. The fourth-order valence-electron chi connectivity index (χ4n) is 1.83. The van der Waals surface area contributed by atoms with Crippen LogP contribution in [0.4, 0.5) is 9.52 Å². The third kappa shape index (κ3) is 4.41. The van der Waals surface area contributed by atoms with Crippen LogP contribution >= 0.6 is 23.3 Å². The lowest BCUT2D eigenvalue weighted by molar-refractivity contribution is 0.555. The van der Waals surface area contributed by atoms with Crippen molar-refractivity contribution in [1.29, 1.82) is 0 Å². The fourth-order valence-corrected chi connectivity index (χ4v) is 3.16. The maximum absolute atomic E-state index is 13.3. The second kappa shape index (κ2) is 6.75. The largest absolute Gasteiger partial charge is 0.356 e. The molecule has 1 heterocycles. The van der Waals surface area contributed by atoms with Gasteiger partial charge in [-0.3, -0.25) is 0 Å². The Kier molecular flexibility index (Phi) is 5.22. The summed E-state index contributed by atoms with van der Waals surface area (Å²) in [7, 11) is 0. The molecule has 0 amide bonds. The van der Waals surface area contributed by atoms with Gasteiger partial charge in [0.05, 0.1) is 0 Å². The second-order valence-corrected chi connectivity index (χ2v) is 7.49. The summed E-state index contributed by atoms with van der Waals surface area (Å²) in [6.07, 6.45) is 2.02. The smallest absolute Gasteiger partial charge is 0.202 e. The molecule has 0 bridgehead atoms. The van der Waals surface area contributed by atoms with Crippen molar-refractivity contribution in [2.45, 2.75) is 38.5 Å². The molecule has 0 fully saturated rings. The molecule has 2 rings (SSSR count). The van der Waals surface area contributed by atoms with Crippen LogP contribution in [0.1, 0.15) is 37.7 Å². The summed E-state index contributed by atoms with van der Waals surface area (Å²) in [6, 6.07) is 4.94. The summed E-state index contributed by atoms with van der Waals surface area (Å²) in [4.78, 5) is 4.51. The molecule has 2 aromatic rings. The number of nitrogens with one attached hydrogen (secondary N) is 1. The van der Waals surface area contributed by atoms with E-state index < -0.39 is 0 Å². The molecule has 0 aliphatic carbocycles. The zero-order chi connectivity index (χ0) is 15.5. The van der Waals surface area contributed by atoms with E-state index in [1.165, 1.54) is 17.6 Å². The van der Waals surface area contributed by atoms with Gasteiger partial charge >= 0.3 is 0 Å². The lowest BCUT2D eigenvalue weighted by Gasteiger charge is -2.12. The van der Waals surface area contributed by atoms with Crippen LogP contribution in [0.2, 0.25) is 0 Å². The van der Waals surface area contributed by atoms with E-state index >= 15 is 0 Å². The highest BCUT2D eigenvalue weighted by Gasteiger charge is 2.19. The number of benzene rings is 1. The molecule has 0 radical (unpaired) electrons. The van der Waals surface area contributed by atoms with Gasteiger partial charge in [0.15, 0.2) is 0 Å². The summed E-state index contributed by atoms with van der Waals surface area (Å²) in [5, 5.41) is 4.09. The van der Waals surface area contributed by atoms with Crippen molar-refractivity contribution in [3.8, 4) is 0 Å². The molecule has 1 aromatic carbocycles. The van der Waals surface area contributed by atoms with Gasteiger partial charge in [-0.1, -0.05) is 26.8 Å². The highest BCUT2D eigenvalue weighted by molar-refractivity contribution is 7.97. The first-order chi connectivity index (χ1) is 9.90. The van der Waals surface area contributed by atoms with Crippen LogP contribution in [0.3, 0.4) is 0 Å². The third-order valence-corrected chi connectivity index (χ3v) is 4.27. The van der Waals surface area contributed by atoms with Gasteiger partial charge in [0.25, 0.3) is 0 Å². The number of aromatic nitrogens is 2. The van der Waals surface area contributed by atoms with Gasteiger partial charge < -0.3 is 5.32 Å². The van der Waals surface area contributed by atoms with Crippen molar-refractivity contribution >= 4 is 28.4 Å². The summed E-state index contributed by atoms with van der Waals surface area (Å²) >= 11 is 3.05. The van der Waals surface area contributed by atoms with E-state index in [0.29, 0.717) is 6.54 Å². The molecule has 21 heavy (non-hydrogen) atoms.